The number of furan rings is 1. The zero-order valence-corrected chi connectivity index (χ0v) is 17.4. The number of benzene rings is 2. The van der Waals surface area contributed by atoms with Gasteiger partial charge in [-0.3, -0.25) is 14.9 Å². The summed E-state index contributed by atoms with van der Waals surface area (Å²) in [6, 6.07) is 15.5. The lowest BCUT2D eigenvalue weighted by Gasteiger charge is -2.36. The number of nitrogens with one attached hydrogen (secondary N) is 1. The summed E-state index contributed by atoms with van der Waals surface area (Å²) in [4.78, 5) is 27.6. The van der Waals surface area contributed by atoms with Gasteiger partial charge in [0.05, 0.1) is 17.7 Å². The van der Waals surface area contributed by atoms with E-state index in [9.17, 15) is 14.9 Å². The van der Waals surface area contributed by atoms with Gasteiger partial charge in [-0.05, 0) is 42.5 Å². The van der Waals surface area contributed by atoms with Gasteiger partial charge in [0.2, 0.25) is 0 Å². The van der Waals surface area contributed by atoms with Crippen molar-refractivity contribution in [1.82, 2.24) is 4.90 Å². The second-order valence-corrected chi connectivity index (χ2v) is 7.62. The Balaban J connectivity index is 1.44. The standard InChI is InChI=1S/C22H21ClN4O4/c23-17-4-1-3-16(13-17)22(28)26-10-8-25(9-11-26)18-6-7-21(27(29)30)20(14-18)24-15-19-5-2-12-31-19/h1-7,12-14,24H,8-11,15H2. The molecule has 0 atom stereocenters. The number of hydrogen-bond acceptors (Lipinski definition) is 6. The molecule has 1 fully saturated rings. The van der Waals surface area contributed by atoms with Crippen LogP contribution in [0.1, 0.15) is 16.1 Å². The van der Waals surface area contributed by atoms with Gasteiger partial charge in [0.25, 0.3) is 11.6 Å². The van der Waals surface area contributed by atoms with E-state index in [1.54, 1.807) is 59.7 Å². The summed E-state index contributed by atoms with van der Waals surface area (Å²) in [7, 11) is 0. The lowest BCUT2D eigenvalue weighted by atomic mass is 10.1. The van der Waals surface area contributed by atoms with Crippen LogP contribution in [-0.4, -0.2) is 41.9 Å². The zero-order chi connectivity index (χ0) is 21.8. The number of carbonyl (C=O) groups is 1. The van der Waals surface area contributed by atoms with Gasteiger partial charge in [0.1, 0.15) is 11.4 Å². The lowest BCUT2D eigenvalue weighted by molar-refractivity contribution is -0.384. The van der Waals surface area contributed by atoms with E-state index >= 15 is 0 Å². The second-order valence-electron chi connectivity index (χ2n) is 7.18. The summed E-state index contributed by atoms with van der Waals surface area (Å²) >= 11 is 6.00. The number of carbonyl (C=O) groups excluding carboxylic acids is 1. The number of piperazine rings is 1. The Hall–Kier alpha value is -3.52. The van der Waals surface area contributed by atoms with Crippen molar-refractivity contribution in [2.45, 2.75) is 6.54 Å². The maximum Gasteiger partial charge on any atom is 0.292 e. The molecule has 1 amide bonds. The summed E-state index contributed by atoms with van der Waals surface area (Å²) in [5.41, 5.74) is 1.87. The van der Waals surface area contributed by atoms with Gasteiger partial charge in [-0.2, -0.15) is 0 Å². The number of nitrogens with zero attached hydrogens (tertiary/aromatic N) is 3. The minimum atomic E-state index is -0.407. The minimum Gasteiger partial charge on any atom is -0.467 e. The predicted molar refractivity (Wildman–Crippen MR) is 119 cm³/mol. The van der Waals surface area contributed by atoms with Crippen molar-refractivity contribution in [3.05, 3.63) is 87.3 Å². The van der Waals surface area contributed by atoms with Crippen LogP contribution in [0.5, 0.6) is 0 Å². The van der Waals surface area contributed by atoms with Crippen LogP contribution in [0.15, 0.2) is 65.3 Å². The third-order valence-corrected chi connectivity index (χ3v) is 5.45. The monoisotopic (exact) mass is 440 g/mol. The molecule has 1 saturated heterocycles. The average molecular weight is 441 g/mol. The Morgan fingerprint density at radius 3 is 2.58 bits per heavy atom. The molecule has 160 valence electrons. The number of amides is 1. The van der Waals surface area contributed by atoms with E-state index in [0.29, 0.717) is 54.8 Å². The predicted octanol–water partition coefficient (Wildman–Crippen LogP) is 4.42. The maximum atomic E-state index is 12.7. The van der Waals surface area contributed by atoms with Gasteiger partial charge < -0.3 is 19.5 Å². The number of nitro benzene ring substituents is 1. The van der Waals surface area contributed by atoms with Gasteiger partial charge in [-0.15, -0.1) is 0 Å². The molecule has 0 unspecified atom stereocenters. The van der Waals surface area contributed by atoms with Crippen molar-refractivity contribution in [3.63, 3.8) is 0 Å². The van der Waals surface area contributed by atoms with Gasteiger partial charge in [0.15, 0.2) is 0 Å². The summed E-state index contributed by atoms with van der Waals surface area (Å²) < 4.78 is 5.29. The van der Waals surface area contributed by atoms with Crippen molar-refractivity contribution in [1.29, 1.82) is 0 Å². The number of rotatable bonds is 6. The van der Waals surface area contributed by atoms with Crippen LogP contribution >= 0.6 is 11.6 Å². The fraction of sp³-hybridized carbons (Fsp3) is 0.227. The Labute approximate surface area is 184 Å². The van der Waals surface area contributed by atoms with E-state index in [4.69, 9.17) is 16.0 Å². The smallest absolute Gasteiger partial charge is 0.292 e. The van der Waals surface area contributed by atoms with Crippen molar-refractivity contribution in [3.8, 4) is 0 Å². The van der Waals surface area contributed by atoms with Crippen LogP contribution in [0.4, 0.5) is 17.1 Å². The molecule has 2 aromatic carbocycles. The molecule has 1 N–H and O–H groups in total. The number of anilines is 2. The van der Waals surface area contributed by atoms with Gasteiger partial charge in [0, 0.05) is 48.5 Å². The van der Waals surface area contributed by atoms with Crippen LogP contribution in [0.3, 0.4) is 0 Å². The Morgan fingerprint density at radius 1 is 1.10 bits per heavy atom. The molecule has 2 heterocycles. The van der Waals surface area contributed by atoms with Crippen molar-refractivity contribution in [2.24, 2.45) is 0 Å². The van der Waals surface area contributed by atoms with Crippen LogP contribution in [0.2, 0.25) is 5.02 Å². The first kappa shape index (κ1) is 20.7. The summed E-state index contributed by atoms with van der Waals surface area (Å²) in [5.74, 6) is 0.638. The molecular formula is C22H21ClN4O4. The third-order valence-electron chi connectivity index (χ3n) is 5.21. The van der Waals surface area contributed by atoms with Crippen LogP contribution in [-0.2, 0) is 6.54 Å². The molecule has 0 spiro atoms. The average Bonchev–Trinajstić information content (AvgIpc) is 3.31. The van der Waals surface area contributed by atoms with Crippen LogP contribution < -0.4 is 10.2 Å². The van der Waals surface area contributed by atoms with E-state index in [1.807, 2.05) is 0 Å². The number of nitro groups is 1. The third kappa shape index (κ3) is 4.80. The minimum absolute atomic E-state index is 0.00470. The quantitative estimate of drug-likeness (QED) is 0.450. The SMILES string of the molecule is O=C(c1cccc(Cl)c1)N1CCN(c2ccc([N+](=O)[O-])c(NCc3ccco3)c2)CC1. The van der Waals surface area contributed by atoms with Crippen molar-refractivity contribution < 1.29 is 14.1 Å². The molecule has 0 aliphatic carbocycles. The highest BCUT2D eigenvalue weighted by atomic mass is 35.5. The Kier molecular flexibility index (Phi) is 6.08. The molecule has 1 aliphatic rings. The van der Waals surface area contributed by atoms with Gasteiger partial charge >= 0.3 is 0 Å². The van der Waals surface area contributed by atoms with Crippen molar-refractivity contribution in [2.75, 3.05) is 36.4 Å². The molecule has 1 aliphatic heterocycles. The molecule has 31 heavy (non-hydrogen) atoms. The van der Waals surface area contributed by atoms with E-state index in [-0.39, 0.29) is 11.6 Å². The highest BCUT2D eigenvalue weighted by Gasteiger charge is 2.24. The fourth-order valence-corrected chi connectivity index (χ4v) is 3.78. The maximum absolute atomic E-state index is 12.7. The van der Waals surface area contributed by atoms with E-state index in [2.05, 4.69) is 10.2 Å². The largest absolute Gasteiger partial charge is 0.467 e. The zero-order valence-electron chi connectivity index (χ0n) is 16.7. The summed E-state index contributed by atoms with van der Waals surface area (Å²) in [6.07, 6.45) is 1.56. The molecule has 8 nitrogen and oxygen atoms in total. The topological polar surface area (TPSA) is 91.9 Å². The first-order valence-electron chi connectivity index (χ1n) is 9.86. The number of halogens is 1. The molecule has 1 aromatic heterocycles. The lowest BCUT2D eigenvalue weighted by Crippen LogP contribution is -2.48. The molecule has 4 rings (SSSR count). The highest BCUT2D eigenvalue weighted by Crippen LogP contribution is 2.30. The fourth-order valence-electron chi connectivity index (χ4n) is 3.59. The molecular weight excluding hydrogens is 420 g/mol. The van der Waals surface area contributed by atoms with Crippen molar-refractivity contribution >= 4 is 34.6 Å². The molecule has 9 heteroatoms. The second kappa shape index (κ2) is 9.09. The molecule has 0 bridgehead atoms. The van der Waals surface area contributed by atoms with Crippen LogP contribution in [0, 0.1) is 10.1 Å². The molecule has 0 saturated carbocycles. The molecule has 0 radical (unpaired) electrons. The van der Waals surface area contributed by atoms with E-state index in [0.717, 1.165) is 5.69 Å². The first-order chi connectivity index (χ1) is 15.0. The Bertz CT molecular complexity index is 1080. The number of hydrogen-bond donors (Lipinski definition) is 1. The van der Waals surface area contributed by atoms with Crippen LogP contribution in [0.25, 0.3) is 0 Å². The Morgan fingerprint density at radius 2 is 1.90 bits per heavy atom. The van der Waals surface area contributed by atoms with Gasteiger partial charge in [-0.1, -0.05) is 17.7 Å². The normalized spacial score (nSPS) is 13.8. The van der Waals surface area contributed by atoms with E-state index in [1.165, 1.54) is 6.07 Å². The van der Waals surface area contributed by atoms with E-state index < -0.39 is 4.92 Å². The summed E-state index contributed by atoms with van der Waals surface area (Å²) in [5, 5.41) is 15.0. The highest BCUT2D eigenvalue weighted by molar-refractivity contribution is 6.30. The molecule has 3 aromatic rings. The van der Waals surface area contributed by atoms with Gasteiger partial charge in [-0.25, -0.2) is 0 Å². The summed E-state index contributed by atoms with van der Waals surface area (Å²) in [6.45, 7) is 2.71. The first-order valence-corrected chi connectivity index (χ1v) is 10.2.